The molecule has 1 aromatic heterocycles. The van der Waals surface area contributed by atoms with Crippen LogP contribution in [0.15, 0.2) is 46.9 Å². The molecule has 1 fully saturated rings. The van der Waals surface area contributed by atoms with Crippen LogP contribution in [0.25, 0.3) is 0 Å². The Morgan fingerprint density at radius 2 is 1.86 bits per heavy atom. The van der Waals surface area contributed by atoms with Crippen LogP contribution in [-0.2, 0) is 15.9 Å². The van der Waals surface area contributed by atoms with Crippen LogP contribution >= 0.6 is 0 Å². The Bertz CT molecular complexity index is 617. The largest absolute Gasteiger partial charge is 0.456 e. The minimum Gasteiger partial charge on any atom is -0.456 e. The number of ether oxygens (including phenoxy) is 2. The lowest BCUT2D eigenvalue weighted by molar-refractivity contribution is -0.0546. The number of furan rings is 1. The lowest BCUT2D eigenvalue weighted by atomic mass is 10.1. The van der Waals surface area contributed by atoms with Gasteiger partial charge < -0.3 is 18.8 Å². The lowest BCUT2D eigenvalue weighted by Gasteiger charge is -2.19. The van der Waals surface area contributed by atoms with Gasteiger partial charge in [0.05, 0.1) is 19.8 Å². The molecule has 0 unspecified atom stereocenters. The topological polar surface area (TPSA) is 51.9 Å². The number of amides is 1. The summed E-state index contributed by atoms with van der Waals surface area (Å²) in [7, 11) is 1.72. The van der Waals surface area contributed by atoms with Gasteiger partial charge in [-0.05, 0) is 17.7 Å². The van der Waals surface area contributed by atoms with Crippen LogP contribution in [0.2, 0.25) is 0 Å². The smallest absolute Gasteiger partial charge is 0.289 e. The maximum absolute atomic E-state index is 12.3. The van der Waals surface area contributed by atoms with Crippen LogP contribution in [-0.4, -0.2) is 43.9 Å². The minimum absolute atomic E-state index is 0.168. The Labute approximate surface area is 129 Å². The molecule has 0 N–H and O–H groups in total. The van der Waals surface area contributed by atoms with Gasteiger partial charge in [-0.3, -0.25) is 4.79 Å². The maximum Gasteiger partial charge on any atom is 0.289 e. The number of benzene rings is 1. The summed E-state index contributed by atoms with van der Waals surface area (Å²) >= 11 is 0. The highest BCUT2D eigenvalue weighted by Gasteiger charge is 2.23. The van der Waals surface area contributed by atoms with Gasteiger partial charge in [-0.15, -0.1) is 0 Å². The van der Waals surface area contributed by atoms with Crippen molar-refractivity contribution in [3.05, 3.63) is 59.5 Å². The molecule has 0 radical (unpaired) electrons. The highest BCUT2D eigenvalue weighted by Crippen LogP contribution is 2.15. The molecule has 5 heteroatoms. The number of nitrogens with zero attached hydrogens (tertiary/aromatic N) is 1. The van der Waals surface area contributed by atoms with Crippen molar-refractivity contribution in [2.75, 3.05) is 26.8 Å². The normalized spacial score (nSPS) is 15.1. The van der Waals surface area contributed by atoms with Crippen molar-refractivity contribution in [3.63, 3.8) is 0 Å². The molecule has 1 aliphatic rings. The minimum atomic E-state index is -0.340. The Kier molecular flexibility index (Phi) is 4.56. The molecular formula is C17H19NO4. The van der Waals surface area contributed by atoms with Crippen molar-refractivity contribution in [1.29, 1.82) is 0 Å². The number of likely N-dealkylation sites (N-methyl/N-ethyl adjacent to an activating group) is 1. The van der Waals surface area contributed by atoms with Crippen LogP contribution < -0.4 is 0 Å². The standard InChI is InChI=1S/C17H19NO4/c1-18(12-16-20-9-10-21-16)17(19)15-8-7-14(22-15)11-13-5-3-2-4-6-13/h2-8,16H,9-12H2,1H3. The first-order valence-electron chi connectivity index (χ1n) is 7.33. The molecular weight excluding hydrogens is 282 g/mol. The van der Waals surface area contributed by atoms with E-state index in [-0.39, 0.29) is 12.2 Å². The SMILES string of the molecule is CN(CC1OCCO1)C(=O)c1ccc(Cc2ccccc2)o1. The Hall–Kier alpha value is -2.11. The van der Waals surface area contributed by atoms with Crippen molar-refractivity contribution < 1.29 is 18.7 Å². The molecule has 1 aromatic carbocycles. The van der Waals surface area contributed by atoms with E-state index in [0.29, 0.717) is 31.9 Å². The van der Waals surface area contributed by atoms with Gasteiger partial charge in [0, 0.05) is 13.5 Å². The summed E-state index contributed by atoms with van der Waals surface area (Å²) in [4.78, 5) is 13.9. The third-order valence-electron chi connectivity index (χ3n) is 3.55. The van der Waals surface area contributed by atoms with Gasteiger partial charge in [-0.1, -0.05) is 30.3 Å². The van der Waals surface area contributed by atoms with E-state index in [1.165, 1.54) is 0 Å². The summed E-state index contributed by atoms with van der Waals surface area (Å²) in [5.74, 6) is 0.946. The second-order valence-electron chi connectivity index (χ2n) is 5.29. The highest BCUT2D eigenvalue weighted by molar-refractivity contribution is 5.91. The fourth-order valence-electron chi connectivity index (χ4n) is 2.39. The van der Waals surface area contributed by atoms with Gasteiger partial charge in [0.2, 0.25) is 0 Å². The molecule has 1 aliphatic heterocycles. The van der Waals surface area contributed by atoms with E-state index in [4.69, 9.17) is 13.9 Å². The van der Waals surface area contributed by atoms with E-state index in [9.17, 15) is 4.79 Å². The van der Waals surface area contributed by atoms with Crippen molar-refractivity contribution in [1.82, 2.24) is 4.90 Å². The second-order valence-corrected chi connectivity index (χ2v) is 5.29. The van der Waals surface area contributed by atoms with Gasteiger partial charge in [-0.25, -0.2) is 0 Å². The summed E-state index contributed by atoms with van der Waals surface area (Å²) in [6.07, 6.45) is 0.333. The molecule has 2 heterocycles. The number of carbonyl (C=O) groups is 1. The molecule has 22 heavy (non-hydrogen) atoms. The molecule has 0 aliphatic carbocycles. The summed E-state index contributed by atoms with van der Waals surface area (Å²) in [5.41, 5.74) is 1.15. The van der Waals surface area contributed by atoms with Crippen LogP contribution in [0.1, 0.15) is 21.9 Å². The molecule has 0 atom stereocenters. The van der Waals surface area contributed by atoms with Crippen molar-refractivity contribution >= 4 is 5.91 Å². The third kappa shape index (κ3) is 3.55. The van der Waals surface area contributed by atoms with E-state index >= 15 is 0 Å². The Morgan fingerprint density at radius 1 is 1.14 bits per heavy atom. The van der Waals surface area contributed by atoms with Crippen LogP contribution in [0, 0.1) is 0 Å². The first kappa shape index (κ1) is 14.8. The van der Waals surface area contributed by atoms with E-state index in [1.807, 2.05) is 36.4 Å². The third-order valence-corrected chi connectivity index (χ3v) is 3.55. The molecule has 5 nitrogen and oxygen atoms in total. The summed E-state index contributed by atoms with van der Waals surface area (Å²) in [6, 6.07) is 13.6. The molecule has 1 amide bonds. The van der Waals surface area contributed by atoms with E-state index in [1.54, 1.807) is 18.0 Å². The number of hydrogen-bond donors (Lipinski definition) is 0. The average Bonchev–Trinajstić information content (AvgIpc) is 3.19. The molecule has 1 saturated heterocycles. The highest BCUT2D eigenvalue weighted by atomic mass is 16.7. The Balaban J connectivity index is 1.61. The first-order chi connectivity index (χ1) is 10.7. The summed E-state index contributed by atoms with van der Waals surface area (Å²) < 4.78 is 16.4. The van der Waals surface area contributed by atoms with Crippen LogP contribution in [0.3, 0.4) is 0 Å². The number of hydrogen-bond acceptors (Lipinski definition) is 4. The van der Waals surface area contributed by atoms with Gasteiger partial charge in [0.15, 0.2) is 12.1 Å². The first-order valence-corrected chi connectivity index (χ1v) is 7.33. The number of carbonyl (C=O) groups excluding carboxylic acids is 1. The fraction of sp³-hybridized carbons (Fsp3) is 0.353. The average molecular weight is 301 g/mol. The van der Waals surface area contributed by atoms with Crippen molar-refractivity contribution in [2.24, 2.45) is 0 Å². The van der Waals surface area contributed by atoms with Gasteiger partial charge in [0.25, 0.3) is 5.91 Å². The van der Waals surface area contributed by atoms with E-state index in [0.717, 1.165) is 11.3 Å². The lowest BCUT2D eigenvalue weighted by Crippen LogP contribution is -2.34. The molecule has 2 aromatic rings. The second kappa shape index (κ2) is 6.77. The zero-order chi connectivity index (χ0) is 15.4. The quantitative estimate of drug-likeness (QED) is 0.850. The van der Waals surface area contributed by atoms with E-state index in [2.05, 4.69) is 0 Å². The zero-order valence-electron chi connectivity index (χ0n) is 12.5. The monoisotopic (exact) mass is 301 g/mol. The predicted molar refractivity (Wildman–Crippen MR) is 80.6 cm³/mol. The van der Waals surface area contributed by atoms with E-state index < -0.39 is 0 Å². The number of rotatable bonds is 5. The van der Waals surface area contributed by atoms with Crippen molar-refractivity contribution in [2.45, 2.75) is 12.7 Å². The van der Waals surface area contributed by atoms with Crippen LogP contribution in [0.4, 0.5) is 0 Å². The van der Waals surface area contributed by atoms with Crippen molar-refractivity contribution in [3.8, 4) is 0 Å². The predicted octanol–water partition coefficient (Wildman–Crippen LogP) is 2.32. The van der Waals surface area contributed by atoms with Crippen LogP contribution in [0.5, 0.6) is 0 Å². The maximum atomic E-state index is 12.3. The van der Waals surface area contributed by atoms with Gasteiger partial charge in [-0.2, -0.15) is 0 Å². The zero-order valence-corrected chi connectivity index (χ0v) is 12.5. The van der Waals surface area contributed by atoms with Gasteiger partial charge in [0.1, 0.15) is 5.76 Å². The summed E-state index contributed by atoms with van der Waals surface area (Å²) in [5, 5.41) is 0. The summed E-state index contributed by atoms with van der Waals surface area (Å²) in [6.45, 7) is 1.55. The fourth-order valence-corrected chi connectivity index (χ4v) is 2.39. The molecule has 0 bridgehead atoms. The molecule has 0 saturated carbocycles. The molecule has 0 spiro atoms. The molecule has 3 rings (SSSR count). The van der Waals surface area contributed by atoms with Gasteiger partial charge >= 0.3 is 0 Å². The Morgan fingerprint density at radius 3 is 2.59 bits per heavy atom. The molecule has 116 valence electrons.